The van der Waals surface area contributed by atoms with Crippen LogP contribution in [0.3, 0.4) is 0 Å². The molecular weight excluding hydrogens is 132 g/mol. The van der Waals surface area contributed by atoms with Crippen LogP contribution in [0, 0.1) is 17.8 Å². The average molecular weight is 155 g/mol. The van der Waals surface area contributed by atoms with Gasteiger partial charge in [-0.25, -0.2) is 0 Å². The molecule has 0 fully saturated rings. The summed E-state index contributed by atoms with van der Waals surface area (Å²) in [6, 6.07) is 0. The highest BCUT2D eigenvalue weighted by molar-refractivity contribution is 4.91. The zero-order valence-electron chi connectivity index (χ0n) is 8.78. The Labute approximate surface area is 72.4 Å². The molecule has 0 aromatic rings. The van der Waals surface area contributed by atoms with Crippen molar-refractivity contribution in [1.29, 1.82) is 0 Å². The van der Waals surface area contributed by atoms with Crippen LogP contribution in [0.2, 0.25) is 0 Å². The van der Waals surface area contributed by atoms with Gasteiger partial charge in [0.15, 0.2) is 0 Å². The normalized spacial score (nSPS) is 16.9. The van der Waals surface area contributed by atoms with E-state index in [1.54, 1.807) is 5.92 Å². The minimum absolute atomic E-state index is 0.819. The van der Waals surface area contributed by atoms with Crippen molar-refractivity contribution in [2.75, 3.05) is 0 Å². The molecule has 0 spiro atoms. The van der Waals surface area contributed by atoms with Crippen molar-refractivity contribution in [1.82, 2.24) is 0 Å². The largest absolute Gasteiger partial charge is 0.0654 e. The molecule has 0 saturated carbocycles. The molecule has 2 unspecified atom stereocenters. The zero-order chi connectivity index (χ0) is 8.85. The third-order valence-corrected chi connectivity index (χ3v) is 2.92. The van der Waals surface area contributed by atoms with Crippen LogP contribution in [-0.2, 0) is 0 Å². The van der Waals surface area contributed by atoms with Crippen molar-refractivity contribution in [2.24, 2.45) is 11.8 Å². The molecule has 67 valence electrons. The fourth-order valence-corrected chi connectivity index (χ4v) is 1.46. The van der Waals surface area contributed by atoms with Crippen molar-refractivity contribution in [3.63, 3.8) is 0 Å². The highest BCUT2D eigenvalue weighted by Crippen LogP contribution is 2.27. The number of hydrogen-bond acceptors (Lipinski definition) is 0. The third-order valence-electron chi connectivity index (χ3n) is 2.92. The van der Waals surface area contributed by atoms with E-state index in [0.29, 0.717) is 0 Å². The highest BCUT2D eigenvalue weighted by Gasteiger charge is 2.16. The van der Waals surface area contributed by atoms with Crippen molar-refractivity contribution in [2.45, 2.75) is 53.9 Å². The topological polar surface area (TPSA) is 0 Å². The quantitative estimate of drug-likeness (QED) is 0.561. The Balaban J connectivity index is 3.70. The first-order valence-corrected chi connectivity index (χ1v) is 4.95. The smallest absolute Gasteiger partial charge is 0.0241 e. The number of hydrogen-bond donors (Lipinski definition) is 0. The van der Waals surface area contributed by atoms with E-state index in [2.05, 4.69) is 34.6 Å². The van der Waals surface area contributed by atoms with Gasteiger partial charge in [0, 0.05) is 0 Å². The molecule has 0 nitrogen and oxygen atoms in total. The van der Waals surface area contributed by atoms with Crippen LogP contribution >= 0.6 is 0 Å². The van der Waals surface area contributed by atoms with Gasteiger partial charge in [-0.3, -0.25) is 0 Å². The third kappa shape index (κ3) is 3.79. The van der Waals surface area contributed by atoms with Gasteiger partial charge in [0.25, 0.3) is 0 Å². The summed E-state index contributed by atoms with van der Waals surface area (Å²) in [6.45, 7) is 11.6. The first-order chi connectivity index (χ1) is 5.13. The monoisotopic (exact) mass is 155 g/mol. The van der Waals surface area contributed by atoms with Gasteiger partial charge in [-0.2, -0.15) is 0 Å². The summed E-state index contributed by atoms with van der Waals surface area (Å²) in [5.74, 6) is 3.36. The van der Waals surface area contributed by atoms with E-state index >= 15 is 0 Å². The Morgan fingerprint density at radius 2 is 1.73 bits per heavy atom. The van der Waals surface area contributed by atoms with Crippen molar-refractivity contribution >= 4 is 0 Å². The van der Waals surface area contributed by atoms with Crippen LogP contribution < -0.4 is 0 Å². The molecule has 11 heavy (non-hydrogen) atoms. The molecule has 0 rings (SSSR count). The molecule has 0 aliphatic rings. The van der Waals surface area contributed by atoms with E-state index in [4.69, 9.17) is 0 Å². The molecule has 0 heteroatoms. The van der Waals surface area contributed by atoms with Crippen LogP contribution in [0.4, 0.5) is 0 Å². The highest BCUT2D eigenvalue weighted by atomic mass is 14.2. The van der Waals surface area contributed by atoms with Crippen molar-refractivity contribution < 1.29 is 0 Å². The Morgan fingerprint density at radius 1 is 1.18 bits per heavy atom. The summed E-state index contributed by atoms with van der Waals surface area (Å²) < 4.78 is 0. The summed E-state index contributed by atoms with van der Waals surface area (Å²) in [5.41, 5.74) is 0. The second-order valence-electron chi connectivity index (χ2n) is 3.77. The molecule has 0 N–H and O–H groups in total. The van der Waals surface area contributed by atoms with E-state index in [1.807, 2.05) is 0 Å². The molecule has 0 bridgehead atoms. The minimum atomic E-state index is 0.819. The van der Waals surface area contributed by atoms with E-state index in [0.717, 1.165) is 11.8 Å². The maximum Gasteiger partial charge on any atom is -0.0241 e. The second-order valence-corrected chi connectivity index (χ2v) is 3.77. The molecule has 0 aromatic heterocycles. The van der Waals surface area contributed by atoms with Gasteiger partial charge >= 0.3 is 0 Å². The fourth-order valence-electron chi connectivity index (χ4n) is 1.46. The molecular formula is C11H23. The van der Waals surface area contributed by atoms with Crippen molar-refractivity contribution in [3.8, 4) is 0 Å². The number of rotatable bonds is 5. The maximum absolute atomic E-state index is 2.36. The average Bonchev–Trinajstić information content (AvgIpc) is 2.02. The lowest BCUT2D eigenvalue weighted by Gasteiger charge is -2.24. The predicted octanol–water partition coefficient (Wildman–Crippen LogP) is 4.06. The Morgan fingerprint density at radius 3 is 2.09 bits per heavy atom. The van der Waals surface area contributed by atoms with Crippen LogP contribution in [-0.4, -0.2) is 0 Å². The Bertz CT molecular complexity index is 86.0. The van der Waals surface area contributed by atoms with Gasteiger partial charge < -0.3 is 0 Å². The van der Waals surface area contributed by atoms with Gasteiger partial charge in [0.2, 0.25) is 0 Å². The molecule has 2 atom stereocenters. The Kier molecular flexibility index (Phi) is 5.62. The van der Waals surface area contributed by atoms with E-state index in [9.17, 15) is 0 Å². The minimum Gasteiger partial charge on any atom is -0.0654 e. The first-order valence-electron chi connectivity index (χ1n) is 4.95. The molecule has 0 heterocycles. The lowest BCUT2D eigenvalue weighted by atomic mass is 9.81. The van der Waals surface area contributed by atoms with Crippen molar-refractivity contribution in [3.05, 3.63) is 5.92 Å². The summed E-state index contributed by atoms with van der Waals surface area (Å²) in [7, 11) is 0. The molecule has 0 aromatic carbocycles. The predicted molar refractivity (Wildman–Crippen MR) is 52.4 cm³/mol. The summed E-state index contributed by atoms with van der Waals surface area (Å²) in [5, 5.41) is 0. The van der Waals surface area contributed by atoms with Gasteiger partial charge in [0.05, 0.1) is 0 Å². The molecule has 0 saturated heterocycles. The zero-order valence-corrected chi connectivity index (χ0v) is 8.78. The van der Waals surface area contributed by atoms with E-state index in [1.165, 1.54) is 19.3 Å². The van der Waals surface area contributed by atoms with Gasteiger partial charge in [-0.05, 0) is 24.2 Å². The molecule has 1 radical (unpaired) electrons. The molecule has 0 aliphatic heterocycles. The molecule has 0 amide bonds. The molecule has 0 aliphatic carbocycles. The van der Waals surface area contributed by atoms with Gasteiger partial charge in [-0.1, -0.05) is 47.5 Å². The van der Waals surface area contributed by atoms with Crippen LogP contribution in [0.25, 0.3) is 0 Å². The van der Waals surface area contributed by atoms with E-state index in [-0.39, 0.29) is 0 Å². The van der Waals surface area contributed by atoms with Gasteiger partial charge in [-0.15, -0.1) is 0 Å². The second kappa shape index (κ2) is 5.62. The summed E-state index contributed by atoms with van der Waals surface area (Å²) in [4.78, 5) is 0. The van der Waals surface area contributed by atoms with Crippen LogP contribution in [0.1, 0.15) is 53.9 Å². The Hall–Kier alpha value is 0. The van der Waals surface area contributed by atoms with Crippen LogP contribution in [0.5, 0.6) is 0 Å². The summed E-state index contributed by atoms with van der Waals surface area (Å²) in [6.07, 6.45) is 3.92. The van der Waals surface area contributed by atoms with E-state index < -0.39 is 0 Å². The lowest BCUT2D eigenvalue weighted by Crippen LogP contribution is -2.13. The fraction of sp³-hybridized carbons (Fsp3) is 0.909. The van der Waals surface area contributed by atoms with Gasteiger partial charge in [0.1, 0.15) is 0 Å². The standard InChI is InChI=1S/C11H23/c1-6-8-10(4)11(5)9(3)7-2/h9,11H,6-8H2,1-5H3. The SMILES string of the molecule is CCC[C](C)C(C)C(C)CC. The first kappa shape index (κ1) is 11.0. The van der Waals surface area contributed by atoms with Crippen LogP contribution in [0.15, 0.2) is 0 Å². The lowest BCUT2D eigenvalue weighted by molar-refractivity contribution is 0.376. The maximum atomic E-state index is 2.36. The summed E-state index contributed by atoms with van der Waals surface area (Å²) >= 11 is 0.